The fraction of sp³-hybridized carbons (Fsp3) is 0.222. The first-order valence-electron chi connectivity index (χ1n) is 7.13. The zero-order valence-corrected chi connectivity index (χ0v) is 13.8. The fourth-order valence-corrected chi connectivity index (χ4v) is 3.93. The maximum atomic E-state index is 2.53. The Labute approximate surface area is 134 Å². The third-order valence-corrected chi connectivity index (χ3v) is 5.30. The van der Waals surface area contributed by atoms with Crippen LogP contribution in [0.25, 0.3) is 0 Å². The number of hydrogen-bond donors (Lipinski definition) is 0. The third-order valence-electron chi connectivity index (χ3n) is 3.57. The second-order valence-electron chi connectivity index (χ2n) is 5.23. The highest BCUT2D eigenvalue weighted by atomic mass is 32.1. The van der Waals surface area contributed by atoms with Gasteiger partial charge in [-0.1, -0.05) is 36.4 Å². The van der Waals surface area contributed by atoms with Gasteiger partial charge in [-0.25, -0.2) is 0 Å². The zero-order chi connectivity index (χ0) is 14.5. The van der Waals surface area contributed by atoms with Crippen LogP contribution in [0.4, 0.5) is 0 Å². The molecular weight excluding hydrogens is 294 g/mol. The van der Waals surface area contributed by atoms with Crippen molar-refractivity contribution in [2.45, 2.75) is 26.6 Å². The van der Waals surface area contributed by atoms with E-state index in [1.807, 2.05) is 22.7 Å². The van der Waals surface area contributed by atoms with Crippen molar-refractivity contribution < 1.29 is 0 Å². The SMILES string of the molecule is Cc1ccccc1CN(Cc1cccs1)Cc1cccs1. The summed E-state index contributed by atoms with van der Waals surface area (Å²) in [6.07, 6.45) is 0. The molecule has 21 heavy (non-hydrogen) atoms. The van der Waals surface area contributed by atoms with Crippen molar-refractivity contribution in [3.05, 3.63) is 80.2 Å². The predicted octanol–water partition coefficient (Wildman–Crippen LogP) is 5.32. The lowest BCUT2D eigenvalue weighted by Crippen LogP contribution is -2.21. The lowest BCUT2D eigenvalue weighted by atomic mass is 10.1. The van der Waals surface area contributed by atoms with Gasteiger partial charge in [0.05, 0.1) is 0 Å². The number of hydrogen-bond acceptors (Lipinski definition) is 3. The minimum absolute atomic E-state index is 1.00. The summed E-state index contributed by atoms with van der Waals surface area (Å²) in [5, 5.41) is 4.32. The summed E-state index contributed by atoms with van der Waals surface area (Å²) in [6, 6.07) is 17.4. The van der Waals surface area contributed by atoms with E-state index in [0.29, 0.717) is 0 Å². The molecule has 0 amide bonds. The van der Waals surface area contributed by atoms with E-state index in [1.165, 1.54) is 20.9 Å². The van der Waals surface area contributed by atoms with Crippen molar-refractivity contribution in [2.75, 3.05) is 0 Å². The van der Waals surface area contributed by atoms with E-state index in [2.05, 4.69) is 71.1 Å². The van der Waals surface area contributed by atoms with Crippen molar-refractivity contribution in [1.29, 1.82) is 0 Å². The number of benzene rings is 1. The topological polar surface area (TPSA) is 3.24 Å². The number of thiophene rings is 2. The first-order chi connectivity index (χ1) is 10.3. The van der Waals surface area contributed by atoms with Gasteiger partial charge in [0.1, 0.15) is 0 Å². The fourth-order valence-electron chi connectivity index (χ4n) is 2.44. The molecule has 0 saturated heterocycles. The van der Waals surface area contributed by atoms with Gasteiger partial charge in [-0.05, 0) is 40.9 Å². The number of rotatable bonds is 6. The van der Waals surface area contributed by atoms with Crippen LogP contribution in [0.3, 0.4) is 0 Å². The molecule has 0 aliphatic heterocycles. The third kappa shape index (κ3) is 4.03. The van der Waals surface area contributed by atoms with E-state index >= 15 is 0 Å². The van der Waals surface area contributed by atoms with Crippen LogP contribution in [0.5, 0.6) is 0 Å². The molecule has 2 heterocycles. The molecule has 3 heteroatoms. The van der Waals surface area contributed by atoms with Gasteiger partial charge in [-0.2, -0.15) is 0 Å². The van der Waals surface area contributed by atoms with Gasteiger partial charge >= 0.3 is 0 Å². The number of aryl methyl sites for hydroxylation is 1. The molecule has 0 saturated carbocycles. The van der Waals surface area contributed by atoms with E-state index in [1.54, 1.807) is 0 Å². The van der Waals surface area contributed by atoms with E-state index < -0.39 is 0 Å². The second-order valence-corrected chi connectivity index (χ2v) is 7.29. The highest BCUT2D eigenvalue weighted by Crippen LogP contribution is 2.20. The smallest absolute Gasteiger partial charge is 0.0335 e. The van der Waals surface area contributed by atoms with Gasteiger partial charge in [0.25, 0.3) is 0 Å². The Morgan fingerprint density at radius 2 is 1.38 bits per heavy atom. The van der Waals surface area contributed by atoms with Crippen LogP contribution in [0.1, 0.15) is 20.9 Å². The second kappa shape index (κ2) is 7.03. The summed E-state index contributed by atoms with van der Waals surface area (Å²) < 4.78 is 0. The van der Waals surface area contributed by atoms with Crippen molar-refractivity contribution >= 4 is 22.7 Å². The first kappa shape index (κ1) is 14.5. The Bertz CT molecular complexity index is 620. The molecule has 1 nitrogen and oxygen atoms in total. The van der Waals surface area contributed by atoms with Gasteiger partial charge in [0.15, 0.2) is 0 Å². The Balaban J connectivity index is 1.76. The van der Waals surface area contributed by atoms with E-state index in [4.69, 9.17) is 0 Å². The van der Waals surface area contributed by atoms with Crippen LogP contribution in [-0.4, -0.2) is 4.90 Å². The van der Waals surface area contributed by atoms with Crippen LogP contribution in [0.2, 0.25) is 0 Å². The molecule has 3 aromatic rings. The summed E-state index contributed by atoms with van der Waals surface area (Å²) in [5.74, 6) is 0. The molecule has 0 radical (unpaired) electrons. The van der Waals surface area contributed by atoms with E-state index in [9.17, 15) is 0 Å². The van der Waals surface area contributed by atoms with Crippen LogP contribution in [0, 0.1) is 6.92 Å². The minimum atomic E-state index is 1.00. The molecule has 0 aliphatic rings. The van der Waals surface area contributed by atoms with Crippen molar-refractivity contribution in [1.82, 2.24) is 4.90 Å². The average molecular weight is 313 g/mol. The molecule has 0 aliphatic carbocycles. The molecule has 0 atom stereocenters. The Hall–Kier alpha value is -1.42. The summed E-state index contributed by atoms with van der Waals surface area (Å²) in [7, 11) is 0. The highest BCUT2D eigenvalue weighted by Gasteiger charge is 2.10. The summed E-state index contributed by atoms with van der Waals surface area (Å²) >= 11 is 3.68. The van der Waals surface area contributed by atoms with Crippen molar-refractivity contribution in [2.24, 2.45) is 0 Å². The molecule has 2 aromatic heterocycles. The highest BCUT2D eigenvalue weighted by molar-refractivity contribution is 7.10. The monoisotopic (exact) mass is 313 g/mol. The van der Waals surface area contributed by atoms with Gasteiger partial charge < -0.3 is 0 Å². The average Bonchev–Trinajstić information content (AvgIpc) is 3.15. The van der Waals surface area contributed by atoms with Gasteiger partial charge in [0, 0.05) is 29.4 Å². The molecule has 3 rings (SSSR count). The Morgan fingerprint density at radius 3 is 1.90 bits per heavy atom. The van der Waals surface area contributed by atoms with Gasteiger partial charge in [0.2, 0.25) is 0 Å². The molecule has 0 bridgehead atoms. The normalized spacial score (nSPS) is 11.1. The van der Waals surface area contributed by atoms with E-state index in [0.717, 1.165) is 19.6 Å². The van der Waals surface area contributed by atoms with Gasteiger partial charge in [-0.3, -0.25) is 4.90 Å². The Morgan fingerprint density at radius 1 is 0.762 bits per heavy atom. The van der Waals surface area contributed by atoms with Crippen LogP contribution < -0.4 is 0 Å². The van der Waals surface area contributed by atoms with E-state index in [-0.39, 0.29) is 0 Å². The molecule has 0 spiro atoms. The van der Waals surface area contributed by atoms with Crippen LogP contribution >= 0.6 is 22.7 Å². The molecule has 0 N–H and O–H groups in total. The molecule has 0 unspecified atom stereocenters. The Kier molecular flexibility index (Phi) is 4.86. The zero-order valence-electron chi connectivity index (χ0n) is 12.2. The summed E-state index contributed by atoms with van der Waals surface area (Å²) in [6.45, 7) is 5.24. The maximum Gasteiger partial charge on any atom is 0.0335 e. The largest absolute Gasteiger partial charge is 0.289 e. The molecule has 1 aromatic carbocycles. The first-order valence-corrected chi connectivity index (χ1v) is 8.89. The quantitative estimate of drug-likeness (QED) is 0.595. The van der Waals surface area contributed by atoms with Crippen molar-refractivity contribution in [3.63, 3.8) is 0 Å². The van der Waals surface area contributed by atoms with Crippen molar-refractivity contribution in [3.8, 4) is 0 Å². The standard InChI is InChI=1S/C18H19NS2/c1-15-6-2-3-7-16(15)12-19(13-17-8-4-10-20-17)14-18-9-5-11-21-18/h2-11H,12-14H2,1H3. The predicted molar refractivity (Wildman–Crippen MR) is 92.8 cm³/mol. The molecule has 108 valence electrons. The molecule has 0 fully saturated rings. The molecular formula is C18H19NS2. The summed E-state index contributed by atoms with van der Waals surface area (Å²) in [5.41, 5.74) is 2.80. The lowest BCUT2D eigenvalue weighted by molar-refractivity contribution is 0.252. The maximum absolute atomic E-state index is 2.53. The van der Waals surface area contributed by atoms with Crippen LogP contribution in [0.15, 0.2) is 59.3 Å². The lowest BCUT2D eigenvalue weighted by Gasteiger charge is -2.22. The van der Waals surface area contributed by atoms with Gasteiger partial charge in [-0.15, -0.1) is 22.7 Å². The number of nitrogens with zero attached hydrogens (tertiary/aromatic N) is 1. The summed E-state index contributed by atoms with van der Waals surface area (Å²) in [4.78, 5) is 5.39. The minimum Gasteiger partial charge on any atom is -0.289 e. The van der Waals surface area contributed by atoms with Crippen LogP contribution in [-0.2, 0) is 19.6 Å².